The van der Waals surface area contributed by atoms with Crippen molar-refractivity contribution in [1.29, 1.82) is 5.26 Å². The molecule has 20 heavy (non-hydrogen) atoms. The van der Waals surface area contributed by atoms with E-state index < -0.39 is 0 Å². The number of ether oxygens (including phenoxy) is 1. The minimum atomic E-state index is -0.373. The van der Waals surface area contributed by atoms with Gasteiger partial charge in [0.15, 0.2) is 0 Å². The molecule has 0 spiro atoms. The van der Waals surface area contributed by atoms with Gasteiger partial charge in [0, 0.05) is 13.0 Å². The first-order chi connectivity index (χ1) is 9.78. The van der Waals surface area contributed by atoms with Gasteiger partial charge in [0.25, 0.3) is 0 Å². The summed E-state index contributed by atoms with van der Waals surface area (Å²) in [4.78, 5) is 0. The average Bonchev–Trinajstić information content (AvgIpc) is 2.53. The lowest BCUT2D eigenvalue weighted by molar-refractivity contribution is 0.00932. The van der Waals surface area contributed by atoms with E-state index in [0.717, 1.165) is 45.1 Å². The zero-order chi connectivity index (χ0) is 14.3. The van der Waals surface area contributed by atoms with Crippen LogP contribution in [0.3, 0.4) is 0 Å². The van der Waals surface area contributed by atoms with Crippen molar-refractivity contribution in [2.45, 2.75) is 50.2 Å². The van der Waals surface area contributed by atoms with Crippen molar-refractivity contribution in [1.82, 2.24) is 5.32 Å². The maximum absolute atomic E-state index is 9.31. The molecule has 2 atom stereocenters. The summed E-state index contributed by atoms with van der Waals surface area (Å²) < 4.78 is 5.97. The number of rotatable bonds is 6. The van der Waals surface area contributed by atoms with E-state index in [1.165, 1.54) is 5.56 Å². The molecule has 1 aliphatic carbocycles. The van der Waals surface area contributed by atoms with Crippen LogP contribution in [-0.2, 0) is 11.2 Å². The fourth-order valence-electron chi connectivity index (χ4n) is 2.92. The van der Waals surface area contributed by atoms with E-state index in [1.54, 1.807) is 0 Å². The minimum Gasteiger partial charge on any atom is -0.378 e. The first-order valence-electron chi connectivity index (χ1n) is 7.54. The summed E-state index contributed by atoms with van der Waals surface area (Å²) in [6.07, 6.45) is 6.22. The molecule has 0 saturated heterocycles. The van der Waals surface area contributed by atoms with E-state index in [9.17, 15) is 5.26 Å². The summed E-state index contributed by atoms with van der Waals surface area (Å²) >= 11 is 0. The average molecular weight is 272 g/mol. The van der Waals surface area contributed by atoms with Crippen LogP contribution < -0.4 is 5.32 Å². The van der Waals surface area contributed by atoms with E-state index in [-0.39, 0.29) is 11.6 Å². The quantitative estimate of drug-likeness (QED) is 0.809. The fraction of sp³-hybridized carbons (Fsp3) is 0.588. The zero-order valence-corrected chi connectivity index (χ0v) is 12.3. The summed E-state index contributed by atoms with van der Waals surface area (Å²) in [7, 11) is 1.88. The van der Waals surface area contributed by atoms with Crippen LogP contribution in [0.25, 0.3) is 0 Å². The number of hydrogen-bond donors (Lipinski definition) is 1. The van der Waals surface area contributed by atoms with Gasteiger partial charge in [-0.15, -0.1) is 0 Å². The third kappa shape index (κ3) is 4.06. The second kappa shape index (κ2) is 7.42. The summed E-state index contributed by atoms with van der Waals surface area (Å²) in [6.45, 7) is 0.783. The first kappa shape index (κ1) is 15.0. The highest BCUT2D eigenvalue weighted by molar-refractivity contribution is 5.14. The van der Waals surface area contributed by atoms with E-state index in [1.807, 2.05) is 13.1 Å². The molecule has 0 radical (unpaired) electrons. The van der Waals surface area contributed by atoms with Crippen molar-refractivity contribution < 1.29 is 4.74 Å². The number of nitrogens with zero attached hydrogens (tertiary/aromatic N) is 1. The van der Waals surface area contributed by atoms with Gasteiger partial charge in [-0.2, -0.15) is 5.26 Å². The van der Waals surface area contributed by atoms with Crippen molar-refractivity contribution >= 4 is 0 Å². The van der Waals surface area contributed by atoms with E-state index in [0.29, 0.717) is 0 Å². The Kier molecular flexibility index (Phi) is 5.58. The molecule has 0 heterocycles. The van der Waals surface area contributed by atoms with E-state index >= 15 is 0 Å². The van der Waals surface area contributed by atoms with E-state index in [2.05, 4.69) is 35.7 Å². The third-order valence-corrected chi connectivity index (χ3v) is 4.20. The van der Waals surface area contributed by atoms with Gasteiger partial charge in [-0.05, 0) is 44.7 Å². The molecule has 2 rings (SSSR count). The van der Waals surface area contributed by atoms with Crippen molar-refractivity contribution in [2.24, 2.45) is 0 Å². The van der Waals surface area contributed by atoms with Crippen LogP contribution in [0.4, 0.5) is 0 Å². The maximum Gasteiger partial charge on any atom is 0.109 e. The Morgan fingerprint density at radius 3 is 2.90 bits per heavy atom. The Balaban J connectivity index is 1.70. The summed E-state index contributed by atoms with van der Waals surface area (Å²) in [5, 5.41) is 12.5. The van der Waals surface area contributed by atoms with Crippen LogP contribution in [-0.4, -0.2) is 25.3 Å². The molecule has 3 nitrogen and oxygen atoms in total. The molecular weight excluding hydrogens is 248 g/mol. The molecule has 0 amide bonds. The smallest absolute Gasteiger partial charge is 0.109 e. The molecule has 1 aliphatic rings. The molecule has 1 saturated carbocycles. The molecule has 1 aromatic rings. The fourth-order valence-corrected chi connectivity index (χ4v) is 2.92. The summed E-state index contributed by atoms with van der Waals surface area (Å²) in [5.74, 6) is 0. The van der Waals surface area contributed by atoms with Gasteiger partial charge in [0.1, 0.15) is 5.54 Å². The SMILES string of the molecule is CNC1(C#N)CCCC(OCCCc2ccccc2)C1. The monoisotopic (exact) mass is 272 g/mol. The topological polar surface area (TPSA) is 45.0 Å². The van der Waals surface area contributed by atoms with Gasteiger partial charge >= 0.3 is 0 Å². The molecule has 1 N–H and O–H groups in total. The van der Waals surface area contributed by atoms with Gasteiger partial charge in [-0.1, -0.05) is 30.3 Å². The number of nitriles is 1. The first-order valence-corrected chi connectivity index (χ1v) is 7.54. The maximum atomic E-state index is 9.31. The van der Waals surface area contributed by atoms with Crippen molar-refractivity contribution in [3.8, 4) is 6.07 Å². The molecule has 0 aliphatic heterocycles. The predicted molar refractivity (Wildman–Crippen MR) is 80.4 cm³/mol. The predicted octanol–water partition coefficient (Wildman–Crippen LogP) is 3.06. The van der Waals surface area contributed by atoms with Gasteiger partial charge in [-0.25, -0.2) is 0 Å². The van der Waals surface area contributed by atoms with Crippen molar-refractivity contribution in [2.75, 3.05) is 13.7 Å². The third-order valence-electron chi connectivity index (χ3n) is 4.20. The second-order valence-corrected chi connectivity index (χ2v) is 5.62. The molecule has 1 aromatic carbocycles. The molecule has 0 bridgehead atoms. The van der Waals surface area contributed by atoms with E-state index in [4.69, 9.17) is 4.74 Å². The molecule has 108 valence electrons. The number of nitrogens with one attached hydrogen (secondary N) is 1. The Labute approximate surface area is 121 Å². The van der Waals surface area contributed by atoms with Crippen molar-refractivity contribution in [3.05, 3.63) is 35.9 Å². The van der Waals surface area contributed by atoms with Gasteiger partial charge in [0.05, 0.1) is 12.2 Å². The Morgan fingerprint density at radius 1 is 1.40 bits per heavy atom. The molecule has 0 aromatic heterocycles. The van der Waals surface area contributed by atoms with Gasteiger partial charge in [0.2, 0.25) is 0 Å². The molecule has 3 heteroatoms. The molecule has 2 unspecified atom stereocenters. The number of hydrogen-bond acceptors (Lipinski definition) is 3. The van der Waals surface area contributed by atoms with Gasteiger partial charge in [-0.3, -0.25) is 0 Å². The summed E-state index contributed by atoms with van der Waals surface area (Å²) in [6, 6.07) is 12.9. The van der Waals surface area contributed by atoms with Crippen LogP contribution in [0.15, 0.2) is 30.3 Å². The Hall–Kier alpha value is -1.37. The Bertz CT molecular complexity index is 440. The van der Waals surface area contributed by atoms with Crippen LogP contribution in [0, 0.1) is 11.3 Å². The van der Waals surface area contributed by atoms with Crippen LogP contribution in [0.2, 0.25) is 0 Å². The molecule has 1 fully saturated rings. The zero-order valence-electron chi connectivity index (χ0n) is 12.3. The largest absolute Gasteiger partial charge is 0.378 e. The van der Waals surface area contributed by atoms with Crippen LogP contribution in [0.5, 0.6) is 0 Å². The molecular formula is C17H24N2O. The highest BCUT2D eigenvalue weighted by Gasteiger charge is 2.35. The number of benzene rings is 1. The normalized spacial score (nSPS) is 26.1. The van der Waals surface area contributed by atoms with Gasteiger partial charge < -0.3 is 10.1 Å². The second-order valence-electron chi connectivity index (χ2n) is 5.62. The van der Waals surface area contributed by atoms with Crippen LogP contribution in [0.1, 0.15) is 37.7 Å². The highest BCUT2D eigenvalue weighted by Crippen LogP contribution is 2.29. The minimum absolute atomic E-state index is 0.228. The number of aryl methyl sites for hydroxylation is 1. The standard InChI is InChI=1S/C17H24N2O/c1-19-17(14-18)11-5-10-16(13-17)20-12-6-9-15-7-3-2-4-8-15/h2-4,7-8,16,19H,5-6,9-13H2,1H3. The highest BCUT2D eigenvalue weighted by atomic mass is 16.5. The lowest BCUT2D eigenvalue weighted by Crippen LogP contribution is -2.47. The summed E-state index contributed by atoms with van der Waals surface area (Å²) in [5.41, 5.74) is 0.990. The van der Waals surface area contributed by atoms with Crippen LogP contribution >= 0.6 is 0 Å². The lowest BCUT2D eigenvalue weighted by Gasteiger charge is -2.35. The van der Waals surface area contributed by atoms with Crippen molar-refractivity contribution in [3.63, 3.8) is 0 Å². The Morgan fingerprint density at radius 2 is 2.20 bits per heavy atom. The lowest BCUT2D eigenvalue weighted by atomic mass is 9.81.